The number of ether oxygens (including phenoxy) is 1. The van der Waals surface area contributed by atoms with Crippen molar-refractivity contribution in [2.75, 3.05) is 20.3 Å². The maximum Gasteiger partial charge on any atom is 0.255 e. The number of amides is 1. The van der Waals surface area contributed by atoms with E-state index in [1.807, 2.05) is 48.5 Å². The minimum absolute atomic E-state index is 0.151. The zero-order valence-electron chi connectivity index (χ0n) is 14.4. The molecule has 1 N–H and O–H groups in total. The van der Waals surface area contributed by atoms with Crippen molar-refractivity contribution in [3.8, 4) is 0 Å². The van der Waals surface area contributed by atoms with E-state index in [0.717, 1.165) is 15.4 Å². The highest BCUT2D eigenvalue weighted by Gasteiger charge is 2.19. The highest BCUT2D eigenvalue weighted by atomic mass is 79.9. The first-order valence-electron chi connectivity index (χ1n) is 8.24. The number of aromatic amines is 1. The molecule has 2 aromatic carbocycles. The van der Waals surface area contributed by atoms with Crippen molar-refractivity contribution >= 4 is 32.7 Å². The van der Waals surface area contributed by atoms with Crippen molar-refractivity contribution in [2.45, 2.75) is 6.54 Å². The van der Waals surface area contributed by atoms with Gasteiger partial charge in [-0.1, -0.05) is 30.3 Å². The molecule has 1 heterocycles. The molecule has 0 saturated carbocycles. The summed E-state index contributed by atoms with van der Waals surface area (Å²) in [6.45, 7) is 0.994. The fourth-order valence-corrected chi connectivity index (χ4v) is 3.23. The Bertz CT molecular complexity index is 984. The number of hydrogen-bond acceptors (Lipinski definition) is 3. The van der Waals surface area contributed by atoms with Crippen molar-refractivity contribution in [1.82, 2.24) is 9.88 Å². The lowest BCUT2D eigenvalue weighted by atomic mass is 10.1. The molecule has 0 aliphatic rings. The van der Waals surface area contributed by atoms with Crippen LogP contribution in [0.3, 0.4) is 0 Å². The Kier molecular flexibility index (Phi) is 5.85. The van der Waals surface area contributed by atoms with Gasteiger partial charge >= 0.3 is 0 Å². The van der Waals surface area contributed by atoms with Gasteiger partial charge in [0.15, 0.2) is 0 Å². The van der Waals surface area contributed by atoms with E-state index in [4.69, 9.17) is 4.74 Å². The van der Waals surface area contributed by atoms with Gasteiger partial charge in [0.2, 0.25) is 0 Å². The molecule has 0 aliphatic heterocycles. The summed E-state index contributed by atoms with van der Waals surface area (Å²) >= 11 is 3.42. The molecule has 0 aliphatic carbocycles. The summed E-state index contributed by atoms with van der Waals surface area (Å²) in [5, 5.41) is 0.933. The summed E-state index contributed by atoms with van der Waals surface area (Å²) < 4.78 is 5.86. The van der Waals surface area contributed by atoms with Gasteiger partial charge in [0.1, 0.15) is 0 Å². The molecule has 0 radical (unpaired) electrons. The van der Waals surface area contributed by atoms with Gasteiger partial charge in [-0.05, 0) is 45.6 Å². The summed E-state index contributed by atoms with van der Waals surface area (Å²) in [5.41, 5.74) is 1.69. The maximum atomic E-state index is 13.0. The number of nitrogens with zero attached hydrogens (tertiary/aromatic N) is 1. The average Bonchev–Trinajstić information content (AvgIpc) is 2.65. The predicted molar refractivity (Wildman–Crippen MR) is 105 cm³/mol. The van der Waals surface area contributed by atoms with Crippen molar-refractivity contribution < 1.29 is 9.53 Å². The normalized spacial score (nSPS) is 10.8. The second-order valence-electron chi connectivity index (χ2n) is 5.91. The van der Waals surface area contributed by atoms with Crippen LogP contribution in [0.4, 0.5) is 0 Å². The predicted octanol–water partition coefficient (Wildman–Crippen LogP) is 3.58. The first-order valence-corrected chi connectivity index (χ1v) is 9.03. The number of carbonyl (C=O) groups excluding carboxylic acids is 1. The molecule has 0 saturated heterocycles. The molecular formula is C20H19BrN2O3. The van der Waals surface area contributed by atoms with Crippen LogP contribution in [-0.2, 0) is 11.3 Å². The largest absolute Gasteiger partial charge is 0.383 e. The lowest BCUT2D eigenvalue weighted by Gasteiger charge is -2.23. The lowest BCUT2D eigenvalue weighted by molar-refractivity contribution is 0.0679. The van der Waals surface area contributed by atoms with E-state index in [1.54, 1.807) is 18.1 Å². The van der Waals surface area contributed by atoms with Gasteiger partial charge in [-0.25, -0.2) is 0 Å². The molecule has 0 unspecified atom stereocenters. The van der Waals surface area contributed by atoms with E-state index < -0.39 is 0 Å². The van der Waals surface area contributed by atoms with Crippen LogP contribution in [0.2, 0.25) is 0 Å². The number of pyridine rings is 1. The Morgan fingerprint density at radius 1 is 1.15 bits per heavy atom. The fraction of sp³-hybridized carbons (Fsp3) is 0.200. The Balaban J connectivity index is 1.94. The Labute approximate surface area is 159 Å². The highest BCUT2D eigenvalue weighted by molar-refractivity contribution is 9.10. The van der Waals surface area contributed by atoms with Crippen molar-refractivity contribution in [3.05, 3.63) is 80.6 Å². The number of methoxy groups -OCH3 is 1. The van der Waals surface area contributed by atoms with Crippen molar-refractivity contribution in [3.63, 3.8) is 0 Å². The molecule has 0 atom stereocenters. The van der Waals surface area contributed by atoms with Gasteiger partial charge in [0.05, 0.1) is 18.7 Å². The SMILES string of the molecule is COCCN(Cc1cc2ccccc2[nH]c1=O)C(=O)c1ccccc1Br. The van der Waals surface area contributed by atoms with Gasteiger partial charge in [-0.2, -0.15) is 0 Å². The maximum absolute atomic E-state index is 13.0. The van der Waals surface area contributed by atoms with Crippen LogP contribution < -0.4 is 5.56 Å². The number of halogens is 1. The summed E-state index contributed by atoms with van der Waals surface area (Å²) in [6, 6.07) is 16.7. The number of carbonyl (C=O) groups is 1. The zero-order valence-corrected chi connectivity index (χ0v) is 16.0. The van der Waals surface area contributed by atoms with Crippen molar-refractivity contribution in [2.24, 2.45) is 0 Å². The van der Waals surface area contributed by atoms with Gasteiger partial charge < -0.3 is 14.6 Å². The van der Waals surface area contributed by atoms with Gasteiger partial charge in [-0.15, -0.1) is 0 Å². The Hall–Kier alpha value is -2.44. The number of rotatable bonds is 6. The zero-order chi connectivity index (χ0) is 18.5. The number of benzene rings is 2. The highest BCUT2D eigenvalue weighted by Crippen LogP contribution is 2.19. The quantitative estimate of drug-likeness (QED) is 0.670. The molecule has 1 aromatic heterocycles. The third kappa shape index (κ3) is 4.03. The van der Waals surface area contributed by atoms with Gasteiger partial charge in [0.25, 0.3) is 11.5 Å². The van der Waals surface area contributed by atoms with E-state index in [-0.39, 0.29) is 18.0 Å². The average molecular weight is 415 g/mol. The molecule has 1 amide bonds. The summed E-state index contributed by atoms with van der Waals surface area (Å²) in [6.07, 6.45) is 0. The third-order valence-electron chi connectivity index (χ3n) is 4.15. The first-order chi connectivity index (χ1) is 12.6. The van der Waals surface area contributed by atoms with Gasteiger partial charge in [0, 0.05) is 29.2 Å². The number of hydrogen-bond donors (Lipinski definition) is 1. The lowest BCUT2D eigenvalue weighted by Crippen LogP contribution is -2.35. The minimum Gasteiger partial charge on any atom is -0.383 e. The van der Waals surface area contributed by atoms with Crippen LogP contribution in [0, 0.1) is 0 Å². The summed E-state index contributed by atoms with van der Waals surface area (Å²) in [5.74, 6) is -0.151. The Morgan fingerprint density at radius 3 is 2.65 bits per heavy atom. The van der Waals surface area contributed by atoms with E-state index in [9.17, 15) is 9.59 Å². The van der Waals surface area contributed by atoms with Crippen LogP contribution in [0.5, 0.6) is 0 Å². The van der Waals surface area contributed by atoms with Crippen molar-refractivity contribution in [1.29, 1.82) is 0 Å². The molecule has 0 fully saturated rings. The molecule has 5 nitrogen and oxygen atoms in total. The van der Waals surface area contributed by atoms with E-state index in [1.165, 1.54) is 0 Å². The molecule has 0 bridgehead atoms. The monoisotopic (exact) mass is 414 g/mol. The number of aromatic nitrogens is 1. The molecule has 3 aromatic rings. The smallest absolute Gasteiger partial charge is 0.255 e. The number of nitrogens with one attached hydrogen (secondary N) is 1. The second kappa shape index (κ2) is 8.29. The molecule has 6 heteroatoms. The topological polar surface area (TPSA) is 62.4 Å². The Morgan fingerprint density at radius 2 is 1.88 bits per heavy atom. The third-order valence-corrected chi connectivity index (χ3v) is 4.84. The molecule has 134 valence electrons. The van der Waals surface area contributed by atoms with E-state index >= 15 is 0 Å². The molecule has 3 rings (SSSR count). The minimum atomic E-state index is -0.189. The number of fused-ring (bicyclic) bond motifs is 1. The number of para-hydroxylation sites is 1. The van der Waals surface area contributed by atoms with E-state index in [0.29, 0.717) is 24.3 Å². The first kappa shape index (κ1) is 18.4. The van der Waals surface area contributed by atoms with Crippen LogP contribution in [0.1, 0.15) is 15.9 Å². The summed E-state index contributed by atoms with van der Waals surface area (Å²) in [4.78, 5) is 29.9. The van der Waals surface area contributed by atoms with Crippen LogP contribution >= 0.6 is 15.9 Å². The fourth-order valence-electron chi connectivity index (χ4n) is 2.77. The second-order valence-corrected chi connectivity index (χ2v) is 6.76. The van der Waals surface area contributed by atoms with Crippen LogP contribution in [0.25, 0.3) is 10.9 Å². The molecular weight excluding hydrogens is 396 g/mol. The van der Waals surface area contributed by atoms with Gasteiger partial charge in [-0.3, -0.25) is 9.59 Å². The number of H-pyrrole nitrogens is 1. The molecule has 0 spiro atoms. The van der Waals surface area contributed by atoms with Crippen LogP contribution in [-0.4, -0.2) is 36.1 Å². The summed E-state index contributed by atoms with van der Waals surface area (Å²) in [7, 11) is 1.59. The van der Waals surface area contributed by atoms with E-state index in [2.05, 4.69) is 20.9 Å². The van der Waals surface area contributed by atoms with Crippen LogP contribution in [0.15, 0.2) is 63.9 Å². The standard InChI is InChI=1S/C20H19BrN2O3/c1-26-11-10-23(20(25)16-7-3-4-8-17(16)21)13-15-12-14-6-2-5-9-18(14)22-19(15)24/h2-9,12H,10-11,13H2,1H3,(H,22,24). The molecule has 26 heavy (non-hydrogen) atoms.